The Morgan fingerprint density at radius 2 is 1.75 bits per heavy atom. The van der Waals surface area contributed by atoms with E-state index in [1.807, 2.05) is 6.92 Å². The Balaban J connectivity index is 1.80. The Kier molecular flexibility index (Phi) is 3.09. The number of carboxylic acids is 1. The fourth-order valence-electron chi connectivity index (χ4n) is 7.76. The Morgan fingerprint density at radius 3 is 2.42 bits per heavy atom. The predicted octanol–water partition coefficient (Wildman–Crippen LogP) is 4.61. The molecule has 0 heterocycles. The molecule has 0 saturated heterocycles. The zero-order valence-corrected chi connectivity index (χ0v) is 15.3. The molecule has 0 radical (unpaired) electrons. The van der Waals surface area contributed by atoms with E-state index in [0.717, 1.165) is 56.9 Å². The van der Waals surface area contributed by atoms with E-state index in [0.29, 0.717) is 11.7 Å². The van der Waals surface area contributed by atoms with Gasteiger partial charge in [0.15, 0.2) is 5.78 Å². The van der Waals surface area contributed by atoms with Gasteiger partial charge in [0.05, 0.1) is 5.41 Å². The van der Waals surface area contributed by atoms with Crippen molar-refractivity contribution < 1.29 is 14.7 Å². The highest BCUT2D eigenvalue weighted by Crippen LogP contribution is 2.74. The van der Waals surface area contributed by atoms with Gasteiger partial charge in [-0.2, -0.15) is 0 Å². The zero-order valence-electron chi connectivity index (χ0n) is 15.3. The summed E-state index contributed by atoms with van der Waals surface area (Å²) >= 11 is 0. The molecular weight excluding hydrogens is 300 g/mol. The summed E-state index contributed by atoms with van der Waals surface area (Å²) in [6, 6.07) is 0. The highest BCUT2D eigenvalue weighted by molar-refractivity contribution is 6.03. The lowest BCUT2D eigenvalue weighted by Crippen LogP contribution is -2.58. The van der Waals surface area contributed by atoms with Crippen LogP contribution in [0.3, 0.4) is 0 Å². The molecule has 0 aromatic rings. The van der Waals surface area contributed by atoms with Gasteiger partial charge >= 0.3 is 5.97 Å². The third-order valence-electron chi connectivity index (χ3n) is 8.92. The number of fused-ring (bicyclic) bond motifs is 3. The maximum atomic E-state index is 12.9. The van der Waals surface area contributed by atoms with E-state index in [2.05, 4.69) is 20.4 Å². The van der Waals surface area contributed by atoms with Crippen LogP contribution in [0.1, 0.15) is 72.1 Å². The van der Waals surface area contributed by atoms with Crippen LogP contribution in [-0.4, -0.2) is 16.9 Å². The number of aliphatic carboxylic acids is 1. The van der Waals surface area contributed by atoms with Crippen LogP contribution in [-0.2, 0) is 9.59 Å². The summed E-state index contributed by atoms with van der Waals surface area (Å²) in [7, 11) is 0. The molecule has 0 aliphatic heterocycles. The molecule has 132 valence electrons. The Bertz CT molecular complexity index is 651. The van der Waals surface area contributed by atoms with Gasteiger partial charge in [-0.1, -0.05) is 26.8 Å². The first kappa shape index (κ1) is 16.4. The minimum atomic E-state index is -0.628. The topological polar surface area (TPSA) is 54.4 Å². The van der Waals surface area contributed by atoms with Crippen molar-refractivity contribution >= 4 is 11.8 Å². The lowest BCUT2D eigenvalue weighted by molar-refractivity contribution is -0.179. The summed E-state index contributed by atoms with van der Waals surface area (Å²) in [4.78, 5) is 25.0. The normalized spacial score (nSPS) is 53.5. The lowest BCUT2D eigenvalue weighted by Gasteiger charge is -2.63. The average Bonchev–Trinajstić information content (AvgIpc) is 2.64. The fourth-order valence-corrected chi connectivity index (χ4v) is 7.76. The second kappa shape index (κ2) is 4.53. The van der Waals surface area contributed by atoms with Crippen molar-refractivity contribution in [2.24, 2.45) is 33.5 Å². The van der Waals surface area contributed by atoms with Gasteiger partial charge in [0.2, 0.25) is 0 Å². The van der Waals surface area contributed by atoms with Crippen molar-refractivity contribution in [1.29, 1.82) is 0 Å². The molecule has 3 nitrogen and oxygen atoms in total. The number of rotatable bonds is 1. The van der Waals surface area contributed by atoms with E-state index in [-0.39, 0.29) is 22.2 Å². The summed E-state index contributed by atoms with van der Waals surface area (Å²) in [5, 5.41) is 9.94. The zero-order chi connectivity index (χ0) is 17.5. The smallest absolute Gasteiger partial charge is 0.309 e. The number of carboxylic acid groups (broad SMARTS) is 1. The molecule has 24 heavy (non-hydrogen) atoms. The van der Waals surface area contributed by atoms with Crippen molar-refractivity contribution in [3.63, 3.8) is 0 Å². The van der Waals surface area contributed by atoms with E-state index in [4.69, 9.17) is 0 Å². The number of carbonyl (C=O) groups is 2. The third kappa shape index (κ3) is 1.64. The summed E-state index contributed by atoms with van der Waals surface area (Å²) in [6.45, 7) is 10.7. The van der Waals surface area contributed by atoms with Gasteiger partial charge in [0, 0.05) is 10.8 Å². The van der Waals surface area contributed by atoms with Crippen molar-refractivity contribution in [2.45, 2.75) is 72.1 Å². The summed E-state index contributed by atoms with van der Waals surface area (Å²) in [5.41, 5.74) is 0.0284. The quantitative estimate of drug-likeness (QED) is 0.714. The van der Waals surface area contributed by atoms with Gasteiger partial charge in [0.25, 0.3) is 0 Å². The summed E-state index contributed by atoms with van der Waals surface area (Å²) < 4.78 is 0. The molecular formula is C21H30O3. The molecule has 1 spiro atoms. The summed E-state index contributed by atoms with van der Waals surface area (Å²) in [5.74, 6) is 0.315. The predicted molar refractivity (Wildman–Crippen MR) is 92.5 cm³/mol. The molecule has 4 rings (SSSR count). The van der Waals surface area contributed by atoms with Crippen LogP contribution in [0.4, 0.5) is 0 Å². The Labute approximate surface area is 144 Å². The second-order valence-electron chi connectivity index (χ2n) is 9.97. The highest BCUT2D eigenvalue weighted by Gasteiger charge is 2.69. The molecule has 2 bridgehead atoms. The van der Waals surface area contributed by atoms with Crippen LogP contribution in [0.15, 0.2) is 12.2 Å². The fraction of sp³-hybridized carbons (Fsp3) is 0.810. The first-order valence-electron chi connectivity index (χ1n) is 9.58. The van der Waals surface area contributed by atoms with Gasteiger partial charge in [-0.3, -0.25) is 9.59 Å². The van der Waals surface area contributed by atoms with Crippen molar-refractivity contribution in [3.8, 4) is 0 Å². The SMILES string of the molecule is C=C1C(=O)[C@@]2(C)CC[C@@H]3[C@]1(CC[C@H]1[C@@]3(C)CCC[C@@]1(C)C(=O)O)C2. The van der Waals surface area contributed by atoms with Crippen molar-refractivity contribution in [3.05, 3.63) is 12.2 Å². The largest absolute Gasteiger partial charge is 0.481 e. The summed E-state index contributed by atoms with van der Waals surface area (Å²) in [6.07, 6.45) is 7.73. The number of allylic oxidation sites excluding steroid dienone is 1. The molecule has 4 aliphatic rings. The van der Waals surface area contributed by atoms with Crippen LogP contribution in [0.25, 0.3) is 0 Å². The number of hydrogen-bond acceptors (Lipinski definition) is 2. The van der Waals surface area contributed by atoms with E-state index >= 15 is 0 Å². The minimum absolute atomic E-state index is 0.0263. The molecule has 4 aliphatic carbocycles. The minimum Gasteiger partial charge on any atom is -0.481 e. The number of Topliss-reactive ketones (excluding diaryl/α,β-unsaturated/α-hetero) is 1. The molecule has 4 saturated carbocycles. The van der Waals surface area contributed by atoms with Crippen LogP contribution in [0.2, 0.25) is 0 Å². The molecule has 0 aromatic heterocycles. The first-order chi connectivity index (χ1) is 11.1. The second-order valence-corrected chi connectivity index (χ2v) is 9.97. The standard InChI is InChI=1S/C21H30O3/c1-13-16(22)18(2)10-6-15-19(3)8-5-9-20(4,17(23)24)14(19)7-11-21(13,15)12-18/h14-15H,1,5-12H2,2-4H3,(H,23,24)/t14-,15-,18-,19+,20+,21+/m0/s1. The maximum absolute atomic E-state index is 12.9. The number of ketones is 1. The molecule has 0 unspecified atom stereocenters. The highest BCUT2D eigenvalue weighted by atomic mass is 16.4. The van der Waals surface area contributed by atoms with Gasteiger partial charge < -0.3 is 5.11 Å². The monoisotopic (exact) mass is 330 g/mol. The van der Waals surface area contributed by atoms with Crippen LogP contribution in [0, 0.1) is 33.5 Å². The lowest BCUT2D eigenvalue weighted by atomic mass is 9.40. The van der Waals surface area contributed by atoms with Crippen LogP contribution < -0.4 is 0 Å². The molecule has 3 heteroatoms. The number of hydrogen-bond donors (Lipinski definition) is 1. The van der Waals surface area contributed by atoms with Gasteiger partial charge in [-0.25, -0.2) is 0 Å². The van der Waals surface area contributed by atoms with Crippen LogP contribution >= 0.6 is 0 Å². The van der Waals surface area contributed by atoms with Crippen molar-refractivity contribution in [1.82, 2.24) is 0 Å². The van der Waals surface area contributed by atoms with E-state index in [1.165, 1.54) is 0 Å². The van der Waals surface area contributed by atoms with Gasteiger partial charge in [-0.15, -0.1) is 0 Å². The molecule has 6 atom stereocenters. The van der Waals surface area contributed by atoms with Crippen molar-refractivity contribution in [2.75, 3.05) is 0 Å². The Morgan fingerprint density at radius 1 is 1.08 bits per heavy atom. The van der Waals surface area contributed by atoms with E-state index < -0.39 is 11.4 Å². The van der Waals surface area contributed by atoms with E-state index in [1.54, 1.807) is 0 Å². The molecule has 1 N–H and O–H groups in total. The number of carbonyl (C=O) groups excluding carboxylic acids is 1. The first-order valence-corrected chi connectivity index (χ1v) is 9.58. The Hall–Kier alpha value is -1.12. The maximum Gasteiger partial charge on any atom is 0.309 e. The van der Waals surface area contributed by atoms with Crippen LogP contribution in [0.5, 0.6) is 0 Å². The van der Waals surface area contributed by atoms with Gasteiger partial charge in [0.1, 0.15) is 0 Å². The van der Waals surface area contributed by atoms with E-state index in [9.17, 15) is 14.7 Å². The van der Waals surface area contributed by atoms with Gasteiger partial charge in [-0.05, 0) is 74.7 Å². The third-order valence-corrected chi connectivity index (χ3v) is 8.92. The molecule has 4 fully saturated rings. The molecule has 0 aromatic carbocycles. The average molecular weight is 330 g/mol. The molecule has 0 amide bonds.